The SMILES string of the molecule is CCc1cc(NCc2ccccc2S(=O)(=O)NC)c2ccccc2n1. The standard InChI is InChI=1S/C19H21N3O2S/c1-3-15-12-18(16-9-5-6-10-17(16)22-15)21-13-14-8-4-7-11-19(14)25(23,24)20-2/h4-12,20H,3,13H2,1-2H3,(H,21,22). The second kappa shape index (κ2) is 7.21. The van der Waals surface area contributed by atoms with E-state index in [4.69, 9.17) is 0 Å². The molecular weight excluding hydrogens is 334 g/mol. The van der Waals surface area contributed by atoms with Crippen LogP contribution in [-0.2, 0) is 23.0 Å². The Balaban J connectivity index is 1.97. The minimum Gasteiger partial charge on any atom is -0.380 e. The zero-order valence-electron chi connectivity index (χ0n) is 14.3. The first-order chi connectivity index (χ1) is 12.0. The lowest BCUT2D eigenvalue weighted by Gasteiger charge is -2.14. The minimum atomic E-state index is -3.49. The normalized spacial score (nSPS) is 11.6. The number of rotatable bonds is 6. The van der Waals surface area contributed by atoms with Gasteiger partial charge in [0.05, 0.1) is 10.4 Å². The molecule has 0 amide bonds. The molecule has 1 aromatic heterocycles. The molecular formula is C19H21N3O2S. The summed E-state index contributed by atoms with van der Waals surface area (Å²) in [5.74, 6) is 0. The second-order valence-corrected chi connectivity index (χ2v) is 7.56. The van der Waals surface area contributed by atoms with Crippen LogP contribution in [0.15, 0.2) is 59.5 Å². The summed E-state index contributed by atoms with van der Waals surface area (Å²) in [6.07, 6.45) is 0.838. The van der Waals surface area contributed by atoms with Gasteiger partial charge in [0.2, 0.25) is 10.0 Å². The molecule has 0 bridgehead atoms. The van der Waals surface area contributed by atoms with Crippen molar-refractivity contribution in [2.24, 2.45) is 0 Å². The highest BCUT2D eigenvalue weighted by atomic mass is 32.2. The van der Waals surface area contributed by atoms with Crippen LogP contribution >= 0.6 is 0 Å². The number of hydrogen-bond donors (Lipinski definition) is 2. The van der Waals surface area contributed by atoms with E-state index in [2.05, 4.69) is 21.9 Å². The van der Waals surface area contributed by atoms with Crippen molar-refractivity contribution < 1.29 is 8.42 Å². The number of nitrogens with zero attached hydrogens (tertiary/aromatic N) is 1. The molecule has 0 atom stereocenters. The van der Waals surface area contributed by atoms with E-state index in [0.717, 1.165) is 34.3 Å². The number of hydrogen-bond acceptors (Lipinski definition) is 4. The maximum atomic E-state index is 12.2. The predicted molar refractivity (Wildman–Crippen MR) is 101 cm³/mol. The van der Waals surface area contributed by atoms with E-state index in [1.807, 2.05) is 42.5 Å². The van der Waals surface area contributed by atoms with Gasteiger partial charge in [-0.2, -0.15) is 0 Å². The van der Waals surface area contributed by atoms with Crippen molar-refractivity contribution in [3.05, 3.63) is 65.9 Å². The van der Waals surface area contributed by atoms with Gasteiger partial charge in [-0.15, -0.1) is 0 Å². The Morgan fingerprint density at radius 1 is 1.04 bits per heavy atom. The quantitative estimate of drug-likeness (QED) is 0.712. The molecule has 0 spiro atoms. The van der Waals surface area contributed by atoms with Gasteiger partial charge in [-0.3, -0.25) is 4.98 Å². The molecule has 3 rings (SSSR count). The average molecular weight is 355 g/mol. The number of fused-ring (bicyclic) bond motifs is 1. The zero-order chi connectivity index (χ0) is 17.9. The number of pyridine rings is 1. The van der Waals surface area contributed by atoms with Crippen molar-refractivity contribution >= 4 is 26.6 Å². The Hall–Kier alpha value is -2.44. The summed E-state index contributed by atoms with van der Waals surface area (Å²) >= 11 is 0. The molecule has 25 heavy (non-hydrogen) atoms. The van der Waals surface area contributed by atoms with Crippen LogP contribution in [0.4, 0.5) is 5.69 Å². The van der Waals surface area contributed by atoms with E-state index in [-0.39, 0.29) is 0 Å². The third-order valence-electron chi connectivity index (χ3n) is 4.13. The molecule has 0 saturated carbocycles. The molecule has 0 radical (unpaired) electrons. The largest absolute Gasteiger partial charge is 0.380 e. The number of aryl methyl sites for hydroxylation is 1. The summed E-state index contributed by atoms with van der Waals surface area (Å²) in [5.41, 5.74) is 3.60. The molecule has 3 aromatic rings. The lowest BCUT2D eigenvalue weighted by atomic mass is 10.1. The molecule has 0 unspecified atom stereocenters. The number of benzene rings is 2. The number of aromatic nitrogens is 1. The molecule has 0 saturated heterocycles. The van der Waals surface area contributed by atoms with E-state index in [1.54, 1.807) is 12.1 Å². The molecule has 0 fully saturated rings. The van der Waals surface area contributed by atoms with Crippen molar-refractivity contribution in [1.82, 2.24) is 9.71 Å². The first-order valence-electron chi connectivity index (χ1n) is 8.19. The van der Waals surface area contributed by atoms with Gasteiger partial charge in [0, 0.05) is 23.3 Å². The molecule has 2 aromatic carbocycles. The Kier molecular flexibility index (Phi) is 5.01. The van der Waals surface area contributed by atoms with Gasteiger partial charge in [-0.1, -0.05) is 43.3 Å². The molecule has 0 aliphatic carbocycles. The molecule has 2 N–H and O–H groups in total. The van der Waals surface area contributed by atoms with Gasteiger partial charge in [0.25, 0.3) is 0 Å². The van der Waals surface area contributed by atoms with Crippen molar-refractivity contribution in [1.29, 1.82) is 0 Å². The van der Waals surface area contributed by atoms with E-state index in [1.165, 1.54) is 7.05 Å². The molecule has 130 valence electrons. The highest BCUT2D eigenvalue weighted by molar-refractivity contribution is 7.89. The lowest BCUT2D eigenvalue weighted by molar-refractivity contribution is 0.587. The Morgan fingerprint density at radius 3 is 2.52 bits per heavy atom. The third kappa shape index (κ3) is 3.65. The molecule has 1 heterocycles. The van der Waals surface area contributed by atoms with Gasteiger partial charge in [-0.05, 0) is 37.2 Å². The van der Waals surface area contributed by atoms with Crippen LogP contribution in [0.5, 0.6) is 0 Å². The summed E-state index contributed by atoms with van der Waals surface area (Å²) in [4.78, 5) is 4.92. The fourth-order valence-electron chi connectivity index (χ4n) is 2.77. The minimum absolute atomic E-state index is 0.291. The summed E-state index contributed by atoms with van der Waals surface area (Å²) in [5, 5.41) is 4.40. The van der Waals surface area contributed by atoms with Crippen molar-refractivity contribution in [2.45, 2.75) is 24.8 Å². The Morgan fingerprint density at radius 2 is 1.76 bits per heavy atom. The maximum absolute atomic E-state index is 12.2. The highest BCUT2D eigenvalue weighted by Gasteiger charge is 2.16. The smallest absolute Gasteiger partial charge is 0.240 e. The summed E-state index contributed by atoms with van der Waals surface area (Å²) in [7, 11) is -2.07. The number of sulfonamides is 1. The fourth-order valence-corrected chi connectivity index (χ4v) is 3.73. The van der Waals surface area contributed by atoms with Crippen molar-refractivity contribution in [3.63, 3.8) is 0 Å². The first kappa shape index (κ1) is 17.4. The number of para-hydroxylation sites is 1. The number of anilines is 1. The average Bonchev–Trinajstić information content (AvgIpc) is 2.66. The van der Waals surface area contributed by atoms with Gasteiger partial charge in [-0.25, -0.2) is 13.1 Å². The van der Waals surface area contributed by atoms with Crippen molar-refractivity contribution in [3.8, 4) is 0 Å². The maximum Gasteiger partial charge on any atom is 0.240 e. The molecule has 6 heteroatoms. The third-order valence-corrected chi connectivity index (χ3v) is 5.65. The van der Waals surface area contributed by atoms with Crippen LogP contribution in [0.3, 0.4) is 0 Å². The van der Waals surface area contributed by atoms with Gasteiger partial charge < -0.3 is 5.32 Å². The van der Waals surface area contributed by atoms with Gasteiger partial charge >= 0.3 is 0 Å². The Bertz CT molecular complexity index is 1000. The van der Waals surface area contributed by atoms with Crippen LogP contribution in [-0.4, -0.2) is 20.4 Å². The zero-order valence-corrected chi connectivity index (χ0v) is 15.1. The van der Waals surface area contributed by atoms with Crippen LogP contribution < -0.4 is 10.0 Å². The Labute approximate surface area is 148 Å². The molecule has 5 nitrogen and oxygen atoms in total. The molecule has 0 aliphatic heterocycles. The van der Waals surface area contributed by atoms with E-state index in [9.17, 15) is 8.42 Å². The summed E-state index contributed by atoms with van der Waals surface area (Å²) in [6.45, 7) is 2.48. The fraction of sp³-hybridized carbons (Fsp3) is 0.211. The monoisotopic (exact) mass is 355 g/mol. The highest BCUT2D eigenvalue weighted by Crippen LogP contribution is 2.25. The van der Waals surface area contributed by atoms with Gasteiger partial charge in [0.15, 0.2) is 0 Å². The van der Waals surface area contributed by atoms with E-state index < -0.39 is 10.0 Å². The topological polar surface area (TPSA) is 71.1 Å². The summed E-state index contributed by atoms with van der Waals surface area (Å²) in [6, 6.07) is 17.0. The second-order valence-electron chi connectivity index (χ2n) is 5.70. The number of nitrogens with one attached hydrogen (secondary N) is 2. The van der Waals surface area contributed by atoms with Gasteiger partial charge in [0.1, 0.15) is 0 Å². The van der Waals surface area contributed by atoms with E-state index in [0.29, 0.717) is 11.4 Å². The van der Waals surface area contributed by atoms with Crippen LogP contribution in [0, 0.1) is 0 Å². The summed E-state index contributed by atoms with van der Waals surface area (Å²) < 4.78 is 26.8. The predicted octanol–water partition coefficient (Wildman–Crippen LogP) is 3.32. The van der Waals surface area contributed by atoms with Crippen LogP contribution in [0.1, 0.15) is 18.2 Å². The lowest BCUT2D eigenvalue weighted by Crippen LogP contribution is -2.20. The van der Waals surface area contributed by atoms with Crippen molar-refractivity contribution in [2.75, 3.05) is 12.4 Å². The first-order valence-corrected chi connectivity index (χ1v) is 9.67. The van der Waals surface area contributed by atoms with E-state index >= 15 is 0 Å². The molecule has 0 aliphatic rings. The van der Waals surface area contributed by atoms with Crippen LogP contribution in [0.2, 0.25) is 0 Å². The van der Waals surface area contributed by atoms with Crippen LogP contribution in [0.25, 0.3) is 10.9 Å².